The van der Waals surface area contributed by atoms with Gasteiger partial charge in [0.25, 0.3) is 0 Å². The van der Waals surface area contributed by atoms with Gasteiger partial charge in [-0.25, -0.2) is 0 Å². The van der Waals surface area contributed by atoms with Gasteiger partial charge in [-0.15, -0.1) is 0 Å². The molecule has 0 unspecified atom stereocenters. The molecule has 2 N–H and O–H groups in total. The summed E-state index contributed by atoms with van der Waals surface area (Å²) >= 11 is 0. The molecule has 0 aliphatic rings. The number of allylic oxidation sites excluding steroid dienone is 2. The molecule has 2 heteroatoms. The van der Waals surface area contributed by atoms with Crippen LogP contribution in [0.25, 0.3) is 0 Å². The highest BCUT2D eigenvalue weighted by Gasteiger charge is 2.02. The molecular formula is C8H13NO. The van der Waals surface area contributed by atoms with Crippen molar-refractivity contribution >= 4 is 5.78 Å². The lowest BCUT2D eigenvalue weighted by Crippen LogP contribution is -2.11. The molecule has 0 aromatic heterocycles. The van der Waals surface area contributed by atoms with Gasteiger partial charge in [0.15, 0.2) is 5.78 Å². The highest BCUT2D eigenvalue weighted by Crippen LogP contribution is 2.03. The van der Waals surface area contributed by atoms with Crippen molar-refractivity contribution in [1.29, 1.82) is 0 Å². The summed E-state index contributed by atoms with van der Waals surface area (Å²) in [5, 5.41) is 0. The molecular weight excluding hydrogens is 126 g/mol. The van der Waals surface area contributed by atoms with Crippen LogP contribution in [0, 0.1) is 0 Å². The Balaban J connectivity index is 4.62. The third-order valence-electron chi connectivity index (χ3n) is 1.41. The summed E-state index contributed by atoms with van der Waals surface area (Å²) in [5.41, 5.74) is 6.86. The Morgan fingerprint density at radius 1 is 1.60 bits per heavy atom. The maximum atomic E-state index is 10.8. The van der Waals surface area contributed by atoms with E-state index in [1.165, 1.54) is 6.92 Å². The van der Waals surface area contributed by atoms with E-state index < -0.39 is 0 Å². The molecule has 0 rings (SSSR count). The maximum absolute atomic E-state index is 10.8. The van der Waals surface area contributed by atoms with E-state index in [9.17, 15) is 4.79 Å². The van der Waals surface area contributed by atoms with Gasteiger partial charge in [0, 0.05) is 12.1 Å². The third kappa shape index (κ3) is 2.15. The van der Waals surface area contributed by atoms with Gasteiger partial charge in [-0.1, -0.05) is 12.7 Å². The van der Waals surface area contributed by atoms with E-state index in [0.29, 0.717) is 12.1 Å². The van der Waals surface area contributed by atoms with Crippen molar-refractivity contribution in [3.8, 4) is 0 Å². The predicted molar refractivity (Wildman–Crippen MR) is 42.6 cm³/mol. The first-order valence-electron chi connectivity index (χ1n) is 3.16. The summed E-state index contributed by atoms with van der Waals surface area (Å²) in [6.45, 7) is 7.18. The zero-order valence-electron chi connectivity index (χ0n) is 6.48. The van der Waals surface area contributed by atoms with Crippen molar-refractivity contribution in [2.75, 3.05) is 6.54 Å². The van der Waals surface area contributed by atoms with Crippen LogP contribution in [0.15, 0.2) is 23.8 Å². The minimum Gasteiger partial charge on any atom is -0.326 e. The number of hydrogen-bond acceptors (Lipinski definition) is 2. The van der Waals surface area contributed by atoms with Crippen LogP contribution >= 0.6 is 0 Å². The van der Waals surface area contributed by atoms with Crippen molar-refractivity contribution in [1.82, 2.24) is 0 Å². The lowest BCUT2D eigenvalue weighted by atomic mass is 10.1. The van der Waals surface area contributed by atoms with E-state index in [0.717, 1.165) is 5.57 Å². The molecule has 0 spiro atoms. The monoisotopic (exact) mass is 139 g/mol. The maximum Gasteiger partial charge on any atom is 0.157 e. The summed E-state index contributed by atoms with van der Waals surface area (Å²) in [6.07, 6.45) is 1.64. The normalized spacial score (nSPS) is 12.3. The number of ketones is 1. The van der Waals surface area contributed by atoms with E-state index in [4.69, 9.17) is 5.73 Å². The average Bonchev–Trinajstić information content (AvgIpc) is 1.88. The molecule has 0 radical (unpaired) electrons. The molecule has 0 bridgehead atoms. The fourth-order valence-corrected chi connectivity index (χ4v) is 0.706. The summed E-state index contributed by atoms with van der Waals surface area (Å²) < 4.78 is 0. The molecule has 0 aliphatic heterocycles. The second-order valence-corrected chi connectivity index (χ2v) is 2.13. The van der Waals surface area contributed by atoms with Gasteiger partial charge in [-0.05, 0) is 19.4 Å². The van der Waals surface area contributed by atoms with E-state index in [1.54, 1.807) is 6.08 Å². The Hall–Kier alpha value is -0.890. The van der Waals surface area contributed by atoms with Crippen molar-refractivity contribution in [2.24, 2.45) is 5.73 Å². The minimum absolute atomic E-state index is 0.0277. The van der Waals surface area contributed by atoms with Crippen LogP contribution in [-0.4, -0.2) is 12.3 Å². The van der Waals surface area contributed by atoms with Crippen LogP contribution in [0.3, 0.4) is 0 Å². The van der Waals surface area contributed by atoms with Crippen LogP contribution in [0.1, 0.15) is 13.8 Å². The second-order valence-electron chi connectivity index (χ2n) is 2.13. The van der Waals surface area contributed by atoms with Crippen LogP contribution < -0.4 is 5.73 Å². The average molecular weight is 139 g/mol. The van der Waals surface area contributed by atoms with Gasteiger partial charge >= 0.3 is 0 Å². The number of carbonyl (C=O) groups excluding carboxylic acids is 1. The molecule has 0 fully saturated rings. The number of rotatable bonds is 3. The van der Waals surface area contributed by atoms with Crippen molar-refractivity contribution in [3.05, 3.63) is 23.8 Å². The molecule has 0 aromatic carbocycles. The Kier molecular flexibility index (Phi) is 3.65. The van der Waals surface area contributed by atoms with Gasteiger partial charge in [0.2, 0.25) is 0 Å². The molecule has 0 saturated heterocycles. The van der Waals surface area contributed by atoms with Crippen LogP contribution in [0.4, 0.5) is 0 Å². The summed E-state index contributed by atoms with van der Waals surface area (Å²) in [6, 6.07) is 0. The predicted octanol–water partition coefficient (Wildman–Crippen LogP) is 1.04. The molecule has 0 aromatic rings. The van der Waals surface area contributed by atoms with Crippen LogP contribution in [0.2, 0.25) is 0 Å². The van der Waals surface area contributed by atoms with Gasteiger partial charge in [0.05, 0.1) is 0 Å². The lowest BCUT2D eigenvalue weighted by Gasteiger charge is -2.00. The van der Waals surface area contributed by atoms with Gasteiger partial charge in [-0.2, -0.15) is 0 Å². The zero-order chi connectivity index (χ0) is 8.15. The molecule has 0 saturated carbocycles. The number of nitrogens with two attached hydrogens (primary N) is 1. The number of carbonyl (C=O) groups is 1. The molecule has 2 nitrogen and oxygen atoms in total. The van der Waals surface area contributed by atoms with Gasteiger partial charge in [0.1, 0.15) is 0 Å². The quantitative estimate of drug-likeness (QED) is 0.469. The fourth-order valence-electron chi connectivity index (χ4n) is 0.706. The standard InChI is InChI=1S/C8H13NO/c1-4-6(2)8(5-9)7(3)10/h4H,1,5,9H2,2-3H3. The lowest BCUT2D eigenvalue weighted by molar-refractivity contribution is -0.113. The Morgan fingerprint density at radius 3 is 2.20 bits per heavy atom. The molecule has 56 valence electrons. The van der Waals surface area contributed by atoms with Gasteiger partial charge in [-0.3, -0.25) is 4.79 Å². The first kappa shape index (κ1) is 9.11. The topological polar surface area (TPSA) is 43.1 Å². The molecule has 0 amide bonds. The van der Waals surface area contributed by atoms with E-state index in [1.807, 2.05) is 6.92 Å². The fraction of sp³-hybridized carbons (Fsp3) is 0.375. The van der Waals surface area contributed by atoms with E-state index in [2.05, 4.69) is 6.58 Å². The van der Waals surface area contributed by atoms with E-state index >= 15 is 0 Å². The molecule has 10 heavy (non-hydrogen) atoms. The molecule has 0 aliphatic carbocycles. The molecule has 0 atom stereocenters. The number of Topliss-reactive ketones (excluding diaryl/α,β-unsaturated/α-hetero) is 1. The van der Waals surface area contributed by atoms with Crippen molar-refractivity contribution in [3.63, 3.8) is 0 Å². The van der Waals surface area contributed by atoms with Gasteiger partial charge < -0.3 is 5.73 Å². The Morgan fingerprint density at radius 2 is 2.10 bits per heavy atom. The van der Waals surface area contributed by atoms with Crippen LogP contribution in [0.5, 0.6) is 0 Å². The van der Waals surface area contributed by atoms with E-state index in [-0.39, 0.29) is 5.78 Å². The van der Waals surface area contributed by atoms with Crippen LogP contribution in [-0.2, 0) is 4.79 Å². The largest absolute Gasteiger partial charge is 0.326 e. The zero-order valence-corrected chi connectivity index (χ0v) is 6.48. The van der Waals surface area contributed by atoms with Crippen molar-refractivity contribution in [2.45, 2.75) is 13.8 Å². The first-order chi connectivity index (χ1) is 4.63. The van der Waals surface area contributed by atoms with Crippen molar-refractivity contribution < 1.29 is 4.79 Å². The second kappa shape index (κ2) is 4.01. The highest BCUT2D eigenvalue weighted by molar-refractivity contribution is 5.94. The first-order valence-corrected chi connectivity index (χ1v) is 3.16. The third-order valence-corrected chi connectivity index (χ3v) is 1.41. The Bertz CT molecular complexity index is 180. The Labute approximate surface area is 61.4 Å². The minimum atomic E-state index is 0.0277. The SMILES string of the molecule is C=CC(C)=C(CN)C(C)=O. The summed E-state index contributed by atoms with van der Waals surface area (Å²) in [7, 11) is 0. The smallest absolute Gasteiger partial charge is 0.157 e. The summed E-state index contributed by atoms with van der Waals surface area (Å²) in [4.78, 5) is 10.8. The highest BCUT2D eigenvalue weighted by atomic mass is 16.1. The number of hydrogen-bond donors (Lipinski definition) is 1. The summed E-state index contributed by atoms with van der Waals surface area (Å²) in [5.74, 6) is 0.0277. The molecule has 0 heterocycles.